The van der Waals surface area contributed by atoms with Crippen molar-refractivity contribution in [2.24, 2.45) is 0 Å². The molecular weight excluding hydrogens is 935 g/mol. The van der Waals surface area contributed by atoms with Gasteiger partial charge in [-0.25, -0.2) is 0 Å². The van der Waals surface area contributed by atoms with Crippen LogP contribution in [0, 0.1) is 0 Å². The predicted octanol–water partition coefficient (Wildman–Crippen LogP) is 19.3. The summed E-state index contributed by atoms with van der Waals surface area (Å²) in [6, 6.07) is 104. The van der Waals surface area contributed by atoms with Gasteiger partial charge in [0.15, 0.2) is 5.58 Å². The minimum atomic E-state index is -0.645. The van der Waals surface area contributed by atoms with Crippen LogP contribution in [0.1, 0.15) is 44.5 Å². The zero-order chi connectivity index (χ0) is 50.7. The molecule has 0 radical (unpaired) electrons. The van der Waals surface area contributed by atoms with E-state index in [-0.39, 0.29) is 0 Å². The first kappa shape index (κ1) is 43.4. The molecule has 0 N–H and O–H groups in total. The Morgan fingerprint density at radius 3 is 1.34 bits per heavy atom. The molecule has 3 nitrogen and oxygen atoms in total. The van der Waals surface area contributed by atoms with Crippen molar-refractivity contribution in [3.05, 3.63) is 330 Å². The number of hydrogen-bond donors (Lipinski definition) is 0. The van der Waals surface area contributed by atoms with E-state index in [0.29, 0.717) is 0 Å². The van der Waals surface area contributed by atoms with E-state index in [0.717, 1.165) is 77.6 Å². The molecule has 0 unspecified atom stereocenters. The molecule has 0 saturated carbocycles. The Balaban J connectivity index is 0.955. The van der Waals surface area contributed by atoms with Crippen molar-refractivity contribution in [2.45, 2.75) is 10.8 Å². The topological polar surface area (TPSA) is 29.5 Å². The Morgan fingerprint density at radius 2 is 0.701 bits per heavy atom. The molecule has 14 aromatic rings. The number of para-hydroxylation sites is 4. The molecule has 0 bridgehead atoms. The van der Waals surface area contributed by atoms with Crippen molar-refractivity contribution < 1.29 is 8.83 Å². The van der Waals surface area contributed by atoms with Crippen molar-refractivity contribution in [1.82, 2.24) is 0 Å². The van der Waals surface area contributed by atoms with Crippen LogP contribution in [0.2, 0.25) is 0 Å². The summed E-state index contributed by atoms with van der Waals surface area (Å²) in [5.41, 5.74) is 22.0. The van der Waals surface area contributed by atoms with Crippen LogP contribution in [0.15, 0.2) is 294 Å². The lowest BCUT2D eigenvalue weighted by molar-refractivity contribution is 0.648. The lowest BCUT2D eigenvalue weighted by atomic mass is 9.67. The summed E-state index contributed by atoms with van der Waals surface area (Å²) in [5, 5.41) is 4.35. The summed E-state index contributed by atoms with van der Waals surface area (Å²) in [7, 11) is 0. The summed E-state index contributed by atoms with van der Waals surface area (Å²) in [6.45, 7) is 0. The molecule has 2 aliphatic rings. The van der Waals surface area contributed by atoms with E-state index in [4.69, 9.17) is 8.83 Å². The largest absolute Gasteiger partial charge is 0.455 e. The van der Waals surface area contributed by atoms with Gasteiger partial charge in [-0.2, -0.15) is 0 Å². The maximum atomic E-state index is 7.67. The highest BCUT2D eigenvalue weighted by Gasteiger charge is 2.49. The summed E-state index contributed by atoms with van der Waals surface area (Å²) >= 11 is 0. The van der Waals surface area contributed by atoms with E-state index in [9.17, 15) is 0 Å². The molecule has 77 heavy (non-hydrogen) atoms. The summed E-state index contributed by atoms with van der Waals surface area (Å²) < 4.78 is 14.3. The highest BCUT2D eigenvalue weighted by molar-refractivity contribution is 6.13. The lowest BCUT2D eigenvalue weighted by Crippen LogP contribution is -2.28. The van der Waals surface area contributed by atoms with E-state index in [2.05, 4.69) is 278 Å². The van der Waals surface area contributed by atoms with Gasteiger partial charge in [0.25, 0.3) is 0 Å². The van der Waals surface area contributed by atoms with Crippen LogP contribution in [0.4, 0.5) is 17.1 Å². The Hall–Kier alpha value is -9.96. The van der Waals surface area contributed by atoms with Crippen molar-refractivity contribution in [3.63, 3.8) is 0 Å². The minimum Gasteiger partial charge on any atom is -0.455 e. The second kappa shape index (κ2) is 16.8. The second-order valence-electron chi connectivity index (χ2n) is 20.6. The van der Waals surface area contributed by atoms with Crippen LogP contribution in [0.25, 0.3) is 77.3 Å². The zero-order valence-electron chi connectivity index (χ0n) is 41.9. The number of furan rings is 2. The first-order chi connectivity index (χ1) is 38.2. The van der Waals surface area contributed by atoms with Crippen LogP contribution >= 0.6 is 0 Å². The van der Waals surface area contributed by atoms with Gasteiger partial charge in [0.2, 0.25) is 0 Å². The molecule has 2 heterocycles. The fourth-order valence-corrected chi connectivity index (χ4v) is 13.7. The molecule has 16 rings (SSSR count). The van der Waals surface area contributed by atoms with Crippen LogP contribution in [-0.4, -0.2) is 0 Å². The maximum Gasteiger partial charge on any atom is 0.159 e. The molecule has 2 aliphatic carbocycles. The summed E-state index contributed by atoms with van der Waals surface area (Å²) in [6.07, 6.45) is 0. The maximum absolute atomic E-state index is 7.67. The van der Waals surface area contributed by atoms with Gasteiger partial charge in [0.05, 0.1) is 16.5 Å². The smallest absolute Gasteiger partial charge is 0.159 e. The molecule has 0 saturated heterocycles. The van der Waals surface area contributed by atoms with E-state index < -0.39 is 10.8 Å². The van der Waals surface area contributed by atoms with Gasteiger partial charge in [-0.05, 0) is 103 Å². The number of fused-ring (bicyclic) bond motifs is 12. The van der Waals surface area contributed by atoms with Gasteiger partial charge in [-0.15, -0.1) is 0 Å². The Labute approximate surface area is 446 Å². The molecule has 360 valence electrons. The molecule has 3 heteroatoms. The quantitative estimate of drug-likeness (QED) is 0.152. The van der Waals surface area contributed by atoms with Gasteiger partial charge < -0.3 is 13.7 Å². The lowest BCUT2D eigenvalue weighted by Gasteiger charge is -2.35. The Morgan fingerprint density at radius 1 is 0.260 bits per heavy atom. The van der Waals surface area contributed by atoms with Gasteiger partial charge in [0, 0.05) is 44.0 Å². The third-order valence-corrected chi connectivity index (χ3v) is 16.8. The third kappa shape index (κ3) is 6.08. The fraction of sp³-hybridized carbons (Fsp3) is 0.0270. The van der Waals surface area contributed by atoms with E-state index in [1.54, 1.807) is 0 Å². The predicted molar refractivity (Wildman–Crippen MR) is 316 cm³/mol. The summed E-state index contributed by atoms with van der Waals surface area (Å²) in [4.78, 5) is 2.41. The van der Waals surface area contributed by atoms with E-state index >= 15 is 0 Å². The molecular formula is C74H47NO2. The van der Waals surface area contributed by atoms with Crippen molar-refractivity contribution in [2.75, 3.05) is 4.90 Å². The monoisotopic (exact) mass is 981 g/mol. The number of nitrogens with zero attached hydrogens (tertiary/aromatic N) is 1. The molecule has 2 aromatic heterocycles. The van der Waals surface area contributed by atoms with E-state index in [1.807, 2.05) is 12.1 Å². The van der Waals surface area contributed by atoms with Crippen LogP contribution in [-0.2, 0) is 10.8 Å². The highest BCUT2D eigenvalue weighted by atomic mass is 16.3. The standard InChI is InChI=1S/C74H47NO2/c1-4-21-49(22-5-1)73(50-23-6-2-7-24-50)63-35-14-10-29-57(63)58-46-45-53(47-67(58)73)75(52-43-41-48(42-44-52)54-31-18-32-60-59-30-13-17-40-69(59)76-70(54)60)68-39-20-34-62-61-33-19-38-66(71(61)77-72(62)68)74(51-25-8-3-9-26-51)64-36-15-11-27-55(64)56-28-12-16-37-65(56)74/h1-47H. The van der Waals surface area contributed by atoms with Crippen molar-refractivity contribution in [1.29, 1.82) is 0 Å². The van der Waals surface area contributed by atoms with Crippen LogP contribution in [0.3, 0.4) is 0 Å². The molecule has 0 fully saturated rings. The average molecular weight is 982 g/mol. The third-order valence-electron chi connectivity index (χ3n) is 16.8. The normalized spacial score (nSPS) is 13.7. The molecule has 0 amide bonds. The number of anilines is 3. The summed E-state index contributed by atoms with van der Waals surface area (Å²) in [5.74, 6) is 0. The Kier molecular flexibility index (Phi) is 9.47. The SMILES string of the molecule is c1ccc(C2(c3ccccc3)c3ccccc3-c3ccc(N(c4ccc(-c5cccc6c5oc5ccccc56)cc4)c4cccc5c4oc4c(C6(c7ccccc7)c7ccccc7-c7ccccc76)cccc45)cc32)cc1. The first-order valence-electron chi connectivity index (χ1n) is 26.6. The molecule has 0 atom stereocenters. The fourth-order valence-electron chi connectivity index (χ4n) is 13.7. The van der Waals surface area contributed by atoms with Crippen LogP contribution < -0.4 is 4.90 Å². The van der Waals surface area contributed by atoms with Crippen LogP contribution in [0.5, 0.6) is 0 Å². The van der Waals surface area contributed by atoms with Crippen molar-refractivity contribution >= 4 is 60.9 Å². The first-order valence-corrected chi connectivity index (χ1v) is 26.6. The van der Waals surface area contributed by atoms with Gasteiger partial charge >= 0.3 is 0 Å². The Bertz CT molecular complexity index is 4540. The second-order valence-corrected chi connectivity index (χ2v) is 20.6. The van der Waals surface area contributed by atoms with Gasteiger partial charge in [-0.3, -0.25) is 0 Å². The molecule has 12 aromatic carbocycles. The molecule has 0 spiro atoms. The number of hydrogen-bond acceptors (Lipinski definition) is 3. The van der Waals surface area contributed by atoms with Crippen molar-refractivity contribution in [3.8, 4) is 33.4 Å². The van der Waals surface area contributed by atoms with Gasteiger partial charge in [-0.1, -0.05) is 249 Å². The highest BCUT2D eigenvalue weighted by Crippen LogP contribution is 2.60. The molecule has 0 aliphatic heterocycles. The number of benzene rings is 12. The zero-order valence-corrected chi connectivity index (χ0v) is 41.9. The number of rotatable bonds is 8. The minimum absolute atomic E-state index is 0.592. The van der Waals surface area contributed by atoms with E-state index in [1.165, 1.54) is 61.2 Å². The van der Waals surface area contributed by atoms with Gasteiger partial charge in [0.1, 0.15) is 16.7 Å². The average Bonchev–Trinajstić information content (AvgIpc) is 4.44.